The number of rotatable bonds is 3. The average Bonchev–Trinajstić information content (AvgIpc) is 2.84. The van der Waals surface area contributed by atoms with Gasteiger partial charge < -0.3 is 4.98 Å². The molecule has 0 aliphatic carbocycles. The lowest BCUT2D eigenvalue weighted by Crippen LogP contribution is -2.09. The molecule has 0 saturated carbocycles. The molecule has 0 aliphatic rings. The van der Waals surface area contributed by atoms with Gasteiger partial charge >= 0.3 is 0 Å². The highest BCUT2D eigenvalue weighted by atomic mass is 32.2. The summed E-state index contributed by atoms with van der Waals surface area (Å²) in [6.07, 6.45) is 1.46. The molecule has 2 heterocycles. The first kappa shape index (κ1) is 12.9. The van der Waals surface area contributed by atoms with Crippen molar-refractivity contribution < 1.29 is 4.39 Å². The van der Waals surface area contributed by atoms with Gasteiger partial charge in [0.05, 0.1) is 11.9 Å². The second kappa shape index (κ2) is 5.09. The number of hydrogen-bond acceptors (Lipinski definition) is 4. The van der Waals surface area contributed by atoms with E-state index in [1.165, 1.54) is 34.8 Å². The Balaban J connectivity index is 2.21. The van der Waals surface area contributed by atoms with Crippen LogP contribution in [0.15, 0.2) is 40.4 Å². The molecule has 0 fully saturated rings. The molecule has 0 atom stereocenters. The minimum Gasteiger partial charge on any atom is -0.301 e. The van der Waals surface area contributed by atoms with Crippen LogP contribution in [0.3, 0.4) is 0 Å². The van der Waals surface area contributed by atoms with Crippen molar-refractivity contribution in [2.75, 3.05) is 5.75 Å². The number of H-pyrrole nitrogens is 1. The molecule has 5 nitrogen and oxygen atoms in total. The summed E-state index contributed by atoms with van der Waals surface area (Å²) in [5, 5.41) is 5.12. The Bertz CT molecular complexity index is 809. The van der Waals surface area contributed by atoms with Crippen LogP contribution >= 0.6 is 11.8 Å². The number of benzene rings is 1. The van der Waals surface area contributed by atoms with Crippen LogP contribution < -0.4 is 5.56 Å². The van der Waals surface area contributed by atoms with E-state index in [1.807, 2.05) is 6.92 Å². The summed E-state index contributed by atoms with van der Waals surface area (Å²) in [5.41, 5.74) is 0.905. The Kier molecular flexibility index (Phi) is 3.27. The lowest BCUT2D eigenvalue weighted by molar-refractivity contribution is 0.627. The maximum Gasteiger partial charge on any atom is 0.262 e. The van der Waals surface area contributed by atoms with Crippen molar-refractivity contribution in [1.82, 2.24) is 19.7 Å². The summed E-state index contributed by atoms with van der Waals surface area (Å²) in [4.78, 5) is 19.1. The Morgan fingerprint density at radius 2 is 2.10 bits per heavy atom. The van der Waals surface area contributed by atoms with Crippen LogP contribution in [0.25, 0.3) is 16.7 Å². The van der Waals surface area contributed by atoms with Crippen LogP contribution in [0.1, 0.15) is 6.92 Å². The van der Waals surface area contributed by atoms with E-state index < -0.39 is 0 Å². The molecule has 0 saturated heterocycles. The van der Waals surface area contributed by atoms with Gasteiger partial charge in [-0.3, -0.25) is 4.79 Å². The first-order valence-electron chi connectivity index (χ1n) is 6.06. The van der Waals surface area contributed by atoms with Gasteiger partial charge in [-0.2, -0.15) is 5.10 Å². The van der Waals surface area contributed by atoms with Gasteiger partial charge in [0.1, 0.15) is 11.2 Å². The third-order valence-corrected chi connectivity index (χ3v) is 3.52. The van der Waals surface area contributed by atoms with Gasteiger partial charge in [0.15, 0.2) is 10.8 Å². The van der Waals surface area contributed by atoms with E-state index in [9.17, 15) is 9.18 Å². The molecule has 3 aromatic rings. The van der Waals surface area contributed by atoms with Gasteiger partial charge in [0, 0.05) is 0 Å². The monoisotopic (exact) mass is 290 g/mol. The second-order valence-corrected chi connectivity index (χ2v) is 5.33. The van der Waals surface area contributed by atoms with Crippen molar-refractivity contribution >= 4 is 22.8 Å². The quantitative estimate of drug-likeness (QED) is 0.594. The summed E-state index contributed by atoms with van der Waals surface area (Å²) >= 11 is 1.45. The van der Waals surface area contributed by atoms with Gasteiger partial charge in [-0.25, -0.2) is 14.1 Å². The highest BCUT2D eigenvalue weighted by Gasteiger charge is 2.11. The summed E-state index contributed by atoms with van der Waals surface area (Å²) in [7, 11) is 0. The number of aromatic amines is 1. The van der Waals surface area contributed by atoms with Gasteiger partial charge in [0.25, 0.3) is 5.56 Å². The zero-order valence-corrected chi connectivity index (χ0v) is 11.4. The fraction of sp³-hybridized carbons (Fsp3) is 0.154. The zero-order valence-electron chi connectivity index (χ0n) is 10.6. The minimum absolute atomic E-state index is 0.223. The van der Waals surface area contributed by atoms with Crippen LogP contribution in [0.5, 0.6) is 0 Å². The van der Waals surface area contributed by atoms with Crippen molar-refractivity contribution in [2.24, 2.45) is 0 Å². The first-order chi connectivity index (χ1) is 9.69. The molecule has 0 aliphatic heterocycles. The number of halogens is 1. The molecule has 0 radical (unpaired) electrons. The van der Waals surface area contributed by atoms with Crippen molar-refractivity contribution in [2.45, 2.75) is 12.1 Å². The van der Waals surface area contributed by atoms with Gasteiger partial charge in [0.2, 0.25) is 0 Å². The SMILES string of the molecule is CCSc1nc2c(cnn2-c2ccc(F)cc2)c(=O)[nH]1. The molecule has 0 bridgehead atoms. The van der Waals surface area contributed by atoms with E-state index in [0.29, 0.717) is 21.9 Å². The Labute approximate surface area is 117 Å². The van der Waals surface area contributed by atoms with Crippen LogP contribution in [0.4, 0.5) is 4.39 Å². The van der Waals surface area contributed by atoms with Gasteiger partial charge in [-0.05, 0) is 30.0 Å². The smallest absolute Gasteiger partial charge is 0.262 e. The lowest BCUT2D eigenvalue weighted by atomic mass is 10.3. The molecule has 7 heteroatoms. The number of fused-ring (bicyclic) bond motifs is 1. The minimum atomic E-state index is -0.321. The number of thioether (sulfide) groups is 1. The zero-order chi connectivity index (χ0) is 14.1. The van der Waals surface area contributed by atoms with E-state index in [4.69, 9.17) is 0 Å². The highest BCUT2D eigenvalue weighted by molar-refractivity contribution is 7.99. The Morgan fingerprint density at radius 3 is 2.80 bits per heavy atom. The number of aromatic nitrogens is 4. The maximum absolute atomic E-state index is 13.0. The molecule has 102 valence electrons. The molecule has 0 spiro atoms. The largest absolute Gasteiger partial charge is 0.301 e. The van der Waals surface area contributed by atoms with Crippen LogP contribution in [0.2, 0.25) is 0 Å². The third-order valence-electron chi connectivity index (χ3n) is 2.77. The molecule has 20 heavy (non-hydrogen) atoms. The normalized spacial score (nSPS) is 11.1. The molecule has 3 rings (SSSR count). The topological polar surface area (TPSA) is 63.6 Å². The van der Waals surface area contributed by atoms with Crippen LogP contribution in [0, 0.1) is 5.82 Å². The number of hydrogen-bond donors (Lipinski definition) is 1. The molecule has 1 N–H and O–H groups in total. The molecule has 1 aromatic carbocycles. The van der Waals surface area contributed by atoms with Crippen LogP contribution in [-0.4, -0.2) is 25.5 Å². The van der Waals surface area contributed by atoms with E-state index in [1.54, 1.807) is 12.1 Å². The van der Waals surface area contributed by atoms with Crippen molar-refractivity contribution in [1.29, 1.82) is 0 Å². The van der Waals surface area contributed by atoms with Crippen molar-refractivity contribution in [3.8, 4) is 5.69 Å². The summed E-state index contributed by atoms with van der Waals surface area (Å²) < 4.78 is 14.5. The number of nitrogens with one attached hydrogen (secondary N) is 1. The third kappa shape index (κ3) is 2.20. The van der Waals surface area contributed by atoms with E-state index in [0.717, 1.165) is 5.75 Å². The maximum atomic E-state index is 13.0. The van der Waals surface area contributed by atoms with Crippen LogP contribution in [-0.2, 0) is 0 Å². The Hall–Kier alpha value is -2.15. The fourth-order valence-electron chi connectivity index (χ4n) is 1.87. The van der Waals surface area contributed by atoms with Crippen molar-refractivity contribution in [3.63, 3.8) is 0 Å². The second-order valence-electron chi connectivity index (χ2n) is 4.07. The summed E-state index contributed by atoms with van der Waals surface area (Å²) in [6, 6.07) is 5.88. The van der Waals surface area contributed by atoms with Crippen molar-refractivity contribution in [3.05, 3.63) is 46.6 Å². The first-order valence-corrected chi connectivity index (χ1v) is 7.04. The molecule has 0 unspecified atom stereocenters. The number of nitrogens with zero attached hydrogens (tertiary/aromatic N) is 3. The van der Waals surface area contributed by atoms with Gasteiger partial charge in [-0.1, -0.05) is 18.7 Å². The standard InChI is InChI=1S/C13H11FN4OS/c1-2-20-13-16-11-10(12(19)17-13)7-15-18(11)9-5-3-8(14)4-6-9/h3-7H,2H2,1H3,(H,16,17,19). The fourth-order valence-corrected chi connectivity index (χ4v) is 2.46. The molecule has 2 aromatic heterocycles. The molecular weight excluding hydrogens is 279 g/mol. The highest BCUT2D eigenvalue weighted by Crippen LogP contribution is 2.17. The Morgan fingerprint density at radius 1 is 1.35 bits per heavy atom. The summed E-state index contributed by atoms with van der Waals surface area (Å²) in [6.45, 7) is 1.98. The lowest BCUT2D eigenvalue weighted by Gasteiger charge is -2.03. The predicted octanol–water partition coefficient (Wildman–Crippen LogP) is 2.36. The van der Waals surface area contributed by atoms with E-state index in [2.05, 4.69) is 15.1 Å². The molecule has 0 amide bonds. The van der Waals surface area contributed by atoms with E-state index >= 15 is 0 Å². The van der Waals surface area contributed by atoms with Gasteiger partial charge in [-0.15, -0.1) is 0 Å². The predicted molar refractivity (Wildman–Crippen MR) is 75.8 cm³/mol. The summed E-state index contributed by atoms with van der Waals surface area (Å²) in [5.74, 6) is 0.484. The average molecular weight is 290 g/mol. The van der Waals surface area contributed by atoms with E-state index in [-0.39, 0.29) is 11.4 Å². The molecular formula is C13H11FN4OS.